The Labute approximate surface area is 117 Å². The van der Waals surface area contributed by atoms with E-state index in [1.54, 1.807) is 18.5 Å². The van der Waals surface area contributed by atoms with Gasteiger partial charge in [0.1, 0.15) is 23.7 Å². The highest BCUT2D eigenvalue weighted by molar-refractivity contribution is 5.73. The fraction of sp³-hybridized carbons (Fsp3) is 0.429. The van der Waals surface area contributed by atoms with E-state index in [0.29, 0.717) is 11.6 Å². The van der Waals surface area contributed by atoms with E-state index in [1.165, 1.54) is 0 Å². The van der Waals surface area contributed by atoms with Crippen LogP contribution in [0.5, 0.6) is 0 Å². The molecule has 20 heavy (non-hydrogen) atoms. The van der Waals surface area contributed by atoms with Crippen molar-refractivity contribution < 1.29 is 14.3 Å². The first-order valence-electron chi connectivity index (χ1n) is 6.50. The molecular weight excluding hydrogens is 258 g/mol. The topological polar surface area (TPSA) is 80.3 Å². The number of carboxylic acids is 1. The maximum absolute atomic E-state index is 11.4. The molecule has 0 aliphatic rings. The van der Waals surface area contributed by atoms with Crippen molar-refractivity contribution in [2.75, 3.05) is 0 Å². The highest BCUT2D eigenvalue weighted by Gasteiger charge is 2.29. The third kappa shape index (κ3) is 2.91. The number of aryl methyl sites for hydroxylation is 1. The highest BCUT2D eigenvalue weighted by atomic mass is 16.4. The van der Waals surface area contributed by atoms with Crippen LogP contribution in [0.2, 0.25) is 0 Å². The van der Waals surface area contributed by atoms with Crippen LogP contribution in [-0.2, 0) is 11.8 Å². The second-order valence-corrected chi connectivity index (χ2v) is 5.07. The summed E-state index contributed by atoms with van der Waals surface area (Å²) >= 11 is 0. The summed E-state index contributed by atoms with van der Waals surface area (Å²) in [5, 5.41) is 12.5. The van der Waals surface area contributed by atoms with Gasteiger partial charge in [0.25, 0.3) is 0 Å². The number of aromatic nitrogens is 2. The first kappa shape index (κ1) is 14.3. The molecule has 2 unspecified atom stereocenters. The van der Waals surface area contributed by atoms with Gasteiger partial charge in [-0.2, -0.15) is 0 Å². The van der Waals surface area contributed by atoms with Crippen LogP contribution < -0.4 is 5.32 Å². The Morgan fingerprint density at radius 1 is 1.50 bits per heavy atom. The number of nitrogens with one attached hydrogen (secondary N) is 1. The van der Waals surface area contributed by atoms with Gasteiger partial charge in [-0.1, -0.05) is 13.8 Å². The zero-order chi connectivity index (χ0) is 14.7. The summed E-state index contributed by atoms with van der Waals surface area (Å²) in [6.07, 6.45) is 5.06. The molecular formula is C14H19N3O3. The molecule has 0 aromatic carbocycles. The lowest BCUT2D eigenvalue weighted by Crippen LogP contribution is -2.43. The van der Waals surface area contributed by atoms with E-state index < -0.39 is 18.1 Å². The van der Waals surface area contributed by atoms with Gasteiger partial charge in [0.05, 0.1) is 6.26 Å². The van der Waals surface area contributed by atoms with Gasteiger partial charge in [-0.3, -0.25) is 10.1 Å². The second kappa shape index (κ2) is 5.92. The molecule has 0 aliphatic carbocycles. The number of rotatable bonds is 6. The van der Waals surface area contributed by atoms with E-state index in [0.717, 1.165) is 0 Å². The average molecular weight is 277 g/mol. The van der Waals surface area contributed by atoms with Crippen LogP contribution >= 0.6 is 0 Å². The van der Waals surface area contributed by atoms with Gasteiger partial charge in [0.15, 0.2) is 0 Å². The van der Waals surface area contributed by atoms with Crippen molar-refractivity contribution in [3.63, 3.8) is 0 Å². The quantitative estimate of drug-likeness (QED) is 0.841. The Morgan fingerprint density at radius 2 is 2.25 bits per heavy atom. The lowest BCUT2D eigenvalue weighted by Gasteiger charge is -2.24. The molecule has 2 aromatic heterocycles. The Hall–Kier alpha value is -2.08. The summed E-state index contributed by atoms with van der Waals surface area (Å²) in [6, 6.07) is 2.51. The van der Waals surface area contributed by atoms with Crippen LogP contribution in [0, 0.1) is 5.92 Å². The van der Waals surface area contributed by atoms with Crippen LogP contribution in [0.1, 0.15) is 31.5 Å². The second-order valence-electron chi connectivity index (χ2n) is 5.07. The van der Waals surface area contributed by atoms with Crippen molar-refractivity contribution in [3.8, 4) is 0 Å². The smallest absolute Gasteiger partial charge is 0.320 e. The molecule has 0 amide bonds. The number of aliphatic carboxylic acids is 1. The third-order valence-electron chi connectivity index (χ3n) is 3.22. The van der Waals surface area contributed by atoms with Crippen LogP contribution in [0.3, 0.4) is 0 Å². The van der Waals surface area contributed by atoms with E-state index >= 15 is 0 Å². The summed E-state index contributed by atoms with van der Waals surface area (Å²) in [5.74, 6) is 0.425. The molecule has 2 atom stereocenters. The average Bonchev–Trinajstić information content (AvgIpc) is 3.01. The highest BCUT2D eigenvalue weighted by Crippen LogP contribution is 2.22. The Bertz CT molecular complexity index is 560. The fourth-order valence-corrected chi connectivity index (χ4v) is 2.12. The van der Waals surface area contributed by atoms with E-state index in [2.05, 4.69) is 10.3 Å². The minimum Gasteiger partial charge on any atom is -0.480 e. The number of hydrogen-bond donors (Lipinski definition) is 2. The summed E-state index contributed by atoms with van der Waals surface area (Å²) in [7, 11) is 1.87. The molecule has 2 heterocycles. The number of nitrogens with zero attached hydrogens (tertiary/aromatic N) is 2. The summed E-state index contributed by atoms with van der Waals surface area (Å²) in [4.78, 5) is 15.7. The molecule has 6 heteroatoms. The lowest BCUT2D eigenvalue weighted by molar-refractivity contribution is -0.140. The van der Waals surface area contributed by atoms with Crippen molar-refractivity contribution in [3.05, 3.63) is 42.4 Å². The molecule has 0 fully saturated rings. The van der Waals surface area contributed by atoms with E-state index in [-0.39, 0.29) is 5.92 Å². The Kier molecular flexibility index (Phi) is 4.24. The normalized spacial score (nSPS) is 14.4. The molecule has 0 saturated carbocycles. The summed E-state index contributed by atoms with van der Waals surface area (Å²) < 4.78 is 7.27. The lowest BCUT2D eigenvalue weighted by atomic mass is 10.0. The minimum atomic E-state index is -0.884. The largest absolute Gasteiger partial charge is 0.480 e. The maximum Gasteiger partial charge on any atom is 0.320 e. The van der Waals surface area contributed by atoms with Crippen LogP contribution in [-0.4, -0.2) is 26.7 Å². The van der Waals surface area contributed by atoms with Gasteiger partial charge in [-0.15, -0.1) is 0 Å². The minimum absolute atomic E-state index is 0.0507. The van der Waals surface area contributed by atoms with Crippen LogP contribution in [0.25, 0.3) is 0 Å². The number of carboxylic acid groups (broad SMARTS) is 1. The molecule has 108 valence electrons. The van der Waals surface area contributed by atoms with Gasteiger partial charge in [-0.05, 0) is 18.1 Å². The monoisotopic (exact) mass is 277 g/mol. The molecule has 0 radical (unpaired) electrons. The van der Waals surface area contributed by atoms with Crippen molar-refractivity contribution in [2.45, 2.75) is 25.9 Å². The van der Waals surface area contributed by atoms with E-state index in [1.807, 2.05) is 37.7 Å². The zero-order valence-electron chi connectivity index (χ0n) is 11.8. The molecule has 0 saturated heterocycles. The fourth-order valence-electron chi connectivity index (χ4n) is 2.12. The number of imidazole rings is 1. The standard InChI is InChI=1S/C14H19N3O3/c1-9(2)11(14(18)19)16-12(10-5-4-8-20-10)13-15-6-7-17(13)3/h4-9,11-12,16H,1-3H3,(H,18,19). The third-order valence-corrected chi connectivity index (χ3v) is 3.22. The van der Waals surface area contributed by atoms with E-state index in [4.69, 9.17) is 4.42 Å². The molecule has 2 aromatic rings. The van der Waals surface area contributed by atoms with Gasteiger partial charge < -0.3 is 14.1 Å². The molecule has 0 bridgehead atoms. The van der Waals surface area contributed by atoms with Gasteiger partial charge in [0.2, 0.25) is 0 Å². The predicted octanol–water partition coefficient (Wildman–Crippen LogP) is 1.80. The van der Waals surface area contributed by atoms with E-state index in [9.17, 15) is 9.90 Å². The summed E-state index contributed by atoms with van der Waals surface area (Å²) in [5.41, 5.74) is 0. The Morgan fingerprint density at radius 3 is 2.70 bits per heavy atom. The van der Waals surface area contributed by atoms with Gasteiger partial charge in [0, 0.05) is 19.4 Å². The van der Waals surface area contributed by atoms with Crippen molar-refractivity contribution in [1.82, 2.24) is 14.9 Å². The molecule has 0 aliphatic heterocycles. The van der Waals surface area contributed by atoms with Gasteiger partial charge >= 0.3 is 5.97 Å². The predicted molar refractivity (Wildman–Crippen MR) is 73.2 cm³/mol. The maximum atomic E-state index is 11.4. The van der Waals surface area contributed by atoms with Crippen molar-refractivity contribution >= 4 is 5.97 Å². The molecule has 2 rings (SSSR count). The Balaban J connectivity index is 2.33. The number of hydrogen-bond acceptors (Lipinski definition) is 4. The molecule has 2 N–H and O–H groups in total. The number of carbonyl (C=O) groups is 1. The van der Waals surface area contributed by atoms with Crippen molar-refractivity contribution in [2.24, 2.45) is 13.0 Å². The SMILES string of the molecule is CC(C)C(NC(c1ccco1)c1nccn1C)C(=O)O. The van der Waals surface area contributed by atoms with Crippen LogP contribution in [0.4, 0.5) is 0 Å². The van der Waals surface area contributed by atoms with Gasteiger partial charge in [-0.25, -0.2) is 4.98 Å². The zero-order valence-corrected chi connectivity index (χ0v) is 11.8. The molecule has 0 spiro atoms. The first-order valence-corrected chi connectivity index (χ1v) is 6.50. The van der Waals surface area contributed by atoms with Crippen LogP contribution in [0.15, 0.2) is 35.2 Å². The van der Waals surface area contributed by atoms with Crippen molar-refractivity contribution in [1.29, 1.82) is 0 Å². The summed E-state index contributed by atoms with van der Waals surface area (Å²) in [6.45, 7) is 3.73. The molecule has 6 nitrogen and oxygen atoms in total. The number of furan rings is 1. The first-order chi connectivity index (χ1) is 9.50.